The number of rotatable bonds is 4. The first-order chi connectivity index (χ1) is 12.2. The standard InChI is InChI=1S/C20H15ClN3O/c1-25-15-7-9-18-17(11-15)20(24-22-12-13-4-2-3-5-13)16-8-6-14(21)10-19(16)23-18/h2-12H,1H3,(H,23,24)/b22-12+. The topological polar surface area (TPSA) is 46.5 Å². The summed E-state index contributed by atoms with van der Waals surface area (Å²) >= 11 is 6.13. The second-order valence-corrected chi connectivity index (χ2v) is 6.06. The monoisotopic (exact) mass is 348 g/mol. The van der Waals surface area contributed by atoms with Crippen LogP contribution in [0.2, 0.25) is 5.02 Å². The Hall–Kier alpha value is -2.33. The molecular formula is C20H15ClN3O. The van der Waals surface area contributed by atoms with Gasteiger partial charge in [-0.1, -0.05) is 11.6 Å². The summed E-state index contributed by atoms with van der Waals surface area (Å²) in [7, 11) is 1.65. The zero-order valence-electron chi connectivity index (χ0n) is 13.5. The Morgan fingerprint density at radius 3 is 2.68 bits per heavy atom. The number of nitrogens with one attached hydrogen (secondary N) is 1. The summed E-state index contributed by atoms with van der Waals surface area (Å²) in [5, 5.41) is 6.93. The first-order valence-electron chi connectivity index (χ1n) is 7.82. The average molecular weight is 349 g/mol. The molecule has 5 heteroatoms. The van der Waals surface area contributed by atoms with E-state index in [1.54, 1.807) is 13.3 Å². The van der Waals surface area contributed by atoms with E-state index in [1.807, 2.05) is 62.1 Å². The van der Waals surface area contributed by atoms with Crippen LogP contribution in [0.5, 0.6) is 5.75 Å². The van der Waals surface area contributed by atoms with Gasteiger partial charge in [0.25, 0.3) is 0 Å². The largest absolute Gasteiger partial charge is 0.497 e. The number of hydrogen-bond donors (Lipinski definition) is 1. The zero-order valence-corrected chi connectivity index (χ0v) is 14.3. The lowest BCUT2D eigenvalue weighted by Gasteiger charge is -2.12. The lowest BCUT2D eigenvalue weighted by atomic mass is 10.1. The summed E-state index contributed by atoms with van der Waals surface area (Å²) in [4.78, 5) is 4.70. The molecule has 1 fully saturated rings. The Kier molecular flexibility index (Phi) is 4.45. The van der Waals surface area contributed by atoms with E-state index in [1.165, 1.54) is 0 Å². The number of nitrogens with zero attached hydrogens (tertiary/aromatic N) is 2. The van der Waals surface area contributed by atoms with Crippen molar-refractivity contribution in [1.82, 2.24) is 4.98 Å². The molecule has 123 valence electrons. The van der Waals surface area contributed by atoms with Crippen LogP contribution in [0.4, 0.5) is 5.69 Å². The summed E-state index contributed by atoms with van der Waals surface area (Å²) < 4.78 is 5.36. The second-order valence-electron chi connectivity index (χ2n) is 5.62. The third-order valence-electron chi connectivity index (χ3n) is 4.02. The fourth-order valence-electron chi connectivity index (χ4n) is 2.79. The summed E-state index contributed by atoms with van der Waals surface area (Å²) in [6.07, 6.45) is 9.73. The number of anilines is 1. The first kappa shape index (κ1) is 16.2. The molecule has 0 bridgehead atoms. The molecule has 4 rings (SSSR count). The molecule has 25 heavy (non-hydrogen) atoms. The van der Waals surface area contributed by atoms with E-state index in [4.69, 9.17) is 21.3 Å². The maximum Gasteiger partial charge on any atom is 0.119 e. The van der Waals surface area contributed by atoms with Gasteiger partial charge in [0.2, 0.25) is 0 Å². The van der Waals surface area contributed by atoms with Gasteiger partial charge in [-0.2, -0.15) is 5.10 Å². The molecule has 3 aromatic rings. The van der Waals surface area contributed by atoms with Gasteiger partial charge >= 0.3 is 0 Å². The average Bonchev–Trinajstić information content (AvgIpc) is 3.14. The number of fused-ring (bicyclic) bond motifs is 2. The van der Waals surface area contributed by atoms with Gasteiger partial charge in [-0.15, -0.1) is 0 Å². The van der Waals surface area contributed by atoms with Crippen LogP contribution in [0, 0.1) is 31.6 Å². The molecule has 0 atom stereocenters. The van der Waals surface area contributed by atoms with Crippen molar-refractivity contribution in [2.75, 3.05) is 12.5 Å². The lowest BCUT2D eigenvalue weighted by Crippen LogP contribution is -1.99. The van der Waals surface area contributed by atoms with Crippen molar-refractivity contribution in [2.45, 2.75) is 0 Å². The van der Waals surface area contributed by atoms with Crippen LogP contribution in [0.25, 0.3) is 21.8 Å². The molecule has 0 aliphatic heterocycles. The van der Waals surface area contributed by atoms with E-state index in [-0.39, 0.29) is 0 Å². The number of aromatic nitrogens is 1. The Morgan fingerprint density at radius 1 is 1.04 bits per heavy atom. The Morgan fingerprint density at radius 2 is 1.88 bits per heavy atom. The van der Waals surface area contributed by atoms with Crippen LogP contribution >= 0.6 is 11.6 Å². The van der Waals surface area contributed by atoms with Gasteiger partial charge in [0.1, 0.15) is 5.75 Å². The van der Waals surface area contributed by atoms with Crippen LogP contribution in [-0.4, -0.2) is 18.3 Å². The van der Waals surface area contributed by atoms with Gasteiger partial charge in [-0.25, -0.2) is 4.98 Å². The number of methoxy groups -OCH3 is 1. The minimum Gasteiger partial charge on any atom is -0.497 e. The van der Waals surface area contributed by atoms with E-state index in [9.17, 15) is 0 Å². The van der Waals surface area contributed by atoms with Crippen LogP contribution in [0.3, 0.4) is 0 Å². The highest BCUT2D eigenvalue weighted by Gasteiger charge is 2.15. The zero-order chi connectivity index (χ0) is 17.2. The first-order valence-corrected chi connectivity index (χ1v) is 8.20. The molecule has 1 aromatic heterocycles. The van der Waals surface area contributed by atoms with Gasteiger partial charge in [0.15, 0.2) is 0 Å². The van der Waals surface area contributed by atoms with Crippen LogP contribution in [0.1, 0.15) is 0 Å². The SMILES string of the molecule is COc1ccc2nc3cc(Cl)ccc3c(N/N=C/[C]3[CH][CH][CH][CH]3)c2c1. The normalized spacial score (nSPS) is 15.4. The third kappa shape index (κ3) is 3.27. The number of pyridine rings is 1. The fourth-order valence-corrected chi connectivity index (χ4v) is 2.96. The smallest absolute Gasteiger partial charge is 0.119 e. The van der Waals surface area contributed by atoms with Gasteiger partial charge < -0.3 is 4.74 Å². The van der Waals surface area contributed by atoms with Crippen molar-refractivity contribution in [3.63, 3.8) is 0 Å². The van der Waals surface area contributed by atoms with Crippen LogP contribution < -0.4 is 10.2 Å². The molecule has 1 saturated carbocycles. The fraction of sp³-hybridized carbons (Fsp3) is 0.0500. The molecular weight excluding hydrogens is 334 g/mol. The highest BCUT2D eigenvalue weighted by molar-refractivity contribution is 6.31. The molecule has 4 nitrogen and oxygen atoms in total. The minimum absolute atomic E-state index is 0.652. The van der Waals surface area contributed by atoms with Crippen molar-refractivity contribution in [2.24, 2.45) is 5.10 Å². The van der Waals surface area contributed by atoms with Gasteiger partial charge in [0.05, 0.1) is 23.8 Å². The summed E-state index contributed by atoms with van der Waals surface area (Å²) in [5.41, 5.74) is 5.71. The minimum atomic E-state index is 0.652. The van der Waals surface area contributed by atoms with Gasteiger partial charge in [-0.3, -0.25) is 5.43 Å². The van der Waals surface area contributed by atoms with Crippen LogP contribution in [-0.2, 0) is 0 Å². The van der Waals surface area contributed by atoms with Crippen molar-refractivity contribution in [3.8, 4) is 5.75 Å². The van der Waals surface area contributed by atoms with Crippen molar-refractivity contribution >= 4 is 45.3 Å². The summed E-state index contributed by atoms with van der Waals surface area (Å²) in [6, 6.07) is 11.4. The quantitative estimate of drug-likeness (QED) is 0.416. The van der Waals surface area contributed by atoms with E-state index >= 15 is 0 Å². The highest BCUT2D eigenvalue weighted by Crippen LogP contribution is 2.34. The number of hydrogen-bond acceptors (Lipinski definition) is 4. The van der Waals surface area contributed by atoms with Crippen molar-refractivity contribution < 1.29 is 4.74 Å². The third-order valence-corrected chi connectivity index (χ3v) is 4.26. The Bertz CT molecular complexity index is 948. The molecule has 0 spiro atoms. The molecule has 0 saturated heterocycles. The number of benzene rings is 2. The number of ether oxygens (including phenoxy) is 1. The van der Waals surface area contributed by atoms with Gasteiger partial charge in [-0.05, 0) is 62.1 Å². The van der Waals surface area contributed by atoms with E-state index in [2.05, 4.69) is 10.5 Å². The number of hydrazone groups is 1. The molecule has 0 amide bonds. The Labute approximate surface area is 151 Å². The molecule has 0 unspecified atom stereocenters. The molecule has 1 heterocycles. The molecule has 1 aliphatic carbocycles. The van der Waals surface area contributed by atoms with Crippen molar-refractivity contribution in [3.05, 3.63) is 73.0 Å². The van der Waals surface area contributed by atoms with Crippen LogP contribution in [0.15, 0.2) is 41.5 Å². The molecule has 1 N–H and O–H groups in total. The Balaban J connectivity index is 1.83. The maximum atomic E-state index is 6.13. The summed E-state index contributed by atoms with van der Waals surface area (Å²) in [5.74, 6) is 1.81. The lowest BCUT2D eigenvalue weighted by molar-refractivity contribution is 0.415. The van der Waals surface area contributed by atoms with E-state index in [0.717, 1.165) is 39.2 Å². The maximum absolute atomic E-state index is 6.13. The highest BCUT2D eigenvalue weighted by atomic mass is 35.5. The predicted octanol–water partition coefficient (Wildman–Crippen LogP) is 4.85. The molecule has 5 radical (unpaired) electrons. The number of halogens is 1. The summed E-state index contributed by atoms with van der Waals surface area (Å²) in [6.45, 7) is 0. The predicted molar refractivity (Wildman–Crippen MR) is 103 cm³/mol. The van der Waals surface area contributed by atoms with E-state index in [0.29, 0.717) is 5.02 Å². The van der Waals surface area contributed by atoms with E-state index < -0.39 is 0 Å². The van der Waals surface area contributed by atoms with Gasteiger partial charge in [0, 0.05) is 27.9 Å². The second kappa shape index (κ2) is 6.89. The molecule has 1 aliphatic rings. The van der Waals surface area contributed by atoms with Crippen molar-refractivity contribution in [1.29, 1.82) is 0 Å². The molecule has 2 aromatic carbocycles.